The largest absolute Gasteiger partial charge is 0.493 e. The van der Waals surface area contributed by atoms with E-state index in [4.69, 9.17) is 23.7 Å². The van der Waals surface area contributed by atoms with Gasteiger partial charge in [0.2, 0.25) is 0 Å². The van der Waals surface area contributed by atoms with Crippen molar-refractivity contribution in [3.05, 3.63) is 70.8 Å². The molecule has 1 N–H and O–H groups in total. The predicted octanol–water partition coefficient (Wildman–Crippen LogP) is 4.87. The second-order valence-electron chi connectivity index (χ2n) is 11.3. The molecule has 0 bridgehead atoms. The summed E-state index contributed by atoms with van der Waals surface area (Å²) < 4.78 is 40.7. The minimum Gasteiger partial charge on any atom is -0.493 e. The zero-order valence-corrected chi connectivity index (χ0v) is 24.8. The molecule has 222 valence electrons. The SMILES string of the molecule is COC(=O)CC1COc2cc(OCc3ccc4c(c3)-c3c(C)cc(OCC5(O)CCS(=O)CC5)cc3CCO4)ccc21. The van der Waals surface area contributed by atoms with Crippen LogP contribution in [0.25, 0.3) is 11.1 Å². The quantitative estimate of drug-likeness (QED) is 0.370. The van der Waals surface area contributed by atoms with Crippen molar-refractivity contribution in [2.45, 2.75) is 50.7 Å². The van der Waals surface area contributed by atoms with Crippen molar-refractivity contribution in [2.75, 3.05) is 38.4 Å². The van der Waals surface area contributed by atoms with Gasteiger partial charge in [0.25, 0.3) is 0 Å². The van der Waals surface area contributed by atoms with Gasteiger partial charge < -0.3 is 28.8 Å². The van der Waals surface area contributed by atoms with Gasteiger partial charge in [-0.2, -0.15) is 0 Å². The lowest BCUT2D eigenvalue weighted by Gasteiger charge is -2.31. The number of aliphatic hydroxyl groups is 1. The number of carbonyl (C=O) groups excluding carboxylic acids is 1. The summed E-state index contributed by atoms with van der Waals surface area (Å²) in [6.45, 7) is 3.64. The van der Waals surface area contributed by atoms with E-state index in [0.29, 0.717) is 56.3 Å². The summed E-state index contributed by atoms with van der Waals surface area (Å²) in [6, 6.07) is 15.9. The number of carbonyl (C=O) groups is 1. The molecule has 8 nitrogen and oxygen atoms in total. The maximum Gasteiger partial charge on any atom is 0.306 e. The molecule has 3 aliphatic rings. The van der Waals surface area contributed by atoms with Crippen LogP contribution in [0.4, 0.5) is 0 Å². The molecule has 0 radical (unpaired) electrons. The first-order valence-electron chi connectivity index (χ1n) is 14.4. The third-order valence-corrected chi connectivity index (χ3v) is 9.66. The molecule has 0 aromatic heterocycles. The molecule has 3 heterocycles. The van der Waals surface area contributed by atoms with Crippen LogP contribution in [0.3, 0.4) is 0 Å². The highest BCUT2D eigenvalue weighted by Gasteiger charge is 2.33. The number of fused-ring (bicyclic) bond motifs is 4. The van der Waals surface area contributed by atoms with E-state index in [0.717, 1.165) is 57.1 Å². The van der Waals surface area contributed by atoms with E-state index in [1.54, 1.807) is 0 Å². The van der Waals surface area contributed by atoms with Gasteiger partial charge in [0.05, 0.1) is 26.7 Å². The van der Waals surface area contributed by atoms with E-state index < -0.39 is 16.4 Å². The summed E-state index contributed by atoms with van der Waals surface area (Å²) in [5.41, 5.74) is 5.42. The van der Waals surface area contributed by atoms with E-state index in [9.17, 15) is 14.1 Å². The maximum absolute atomic E-state index is 11.7. The molecule has 0 spiro atoms. The Labute approximate surface area is 248 Å². The molecule has 1 saturated heterocycles. The Hall–Kier alpha value is -3.56. The smallest absolute Gasteiger partial charge is 0.306 e. The van der Waals surface area contributed by atoms with Gasteiger partial charge >= 0.3 is 5.97 Å². The zero-order chi connectivity index (χ0) is 29.3. The monoisotopic (exact) mass is 592 g/mol. The van der Waals surface area contributed by atoms with Gasteiger partial charge in [0.1, 0.15) is 41.8 Å². The standard InChI is InChI=1S/C33H36O8S/c1-21-13-26(41-20-33(35)8-11-42(36)12-9-33)15-23-7-10-38-29-6-3-22(14-28(29)32(21)23)18-39-25-4-5-27-24(16-31(34)37-2)19-40-30(27)17-25/h3-6,13-15,17,24,35H,7-12,16,18-20H2,1-2H3. The van der Waals surface area contributed by atoms with Crippen molar-refractivity contribution >= 4 is 16.8 Å². The molecule has 3 aromatic rings. The Morgan fingerprint density at radius 3 is 2.67 bits per heavy atom. The summed E-state index contributed by atoms with van der Waals surface area (Å²) in [6.07, 6.45) is 2.01. The summed E-state index contributed by atoms with van der Waals surface area (Å²) in [4.78, 5) is 11.7. The molecule has 9 heteroatoms. The summed E-state index contributed by atoms with van der Waals surface area (Å²) in [5.74, 6) is 3.77. The minimum atomic E-state index is -0.936. The van der Waals surface area contributed by atoms with Crippen LogP contribution in [-0.4, -0.2) is 59.3 Å². The average Bonchev–Trinajstić information content (AvgIpc) is 3.28. The Balaban J connectivity index is 1.16. The van der Waals surface area contributed by atoms with Crippen molar-refractivity contribution in [1.82, 2.24) is 0 Å². The van der Waals surface area contributed by atoms with Gasteiger partial charge in [-0.25, -0.2) is 0 Å². The second-order valence-corrected chi connectivity index (χ2v) is 13.0. The average molecular weight is 593 g/mol. The molecule has 1 unspecified atom stereocenters. The van der Waals surface area contributed by atoms with Gasteiger partial charge in [0.15, 0.2) is 0 Å². The van der Waals surface area contributed by atoms with E-state index in [1.165, 1.54) is 7.11 Å². The Morgan fingerprint density at radius 1 is 1.02 bits per heavy atom. The molecule has 42 heavy (non-hydrogen) atoms. The normalized spacial score (nSPS) is 22.5. The lowest BCUT2D eigenvalue weighted by molar-refractivity contribution is -0.141. The first-order valence-corrected chi connectivity index (χ1v) is 15.9. The number of rotatable bonds is 8. The number of hydrogen-bond donors (Lipinski definition) is 1. The fourth-order valence-electron chi connectivity index (χ4n) is 5.91. The van der Waals surface area contributed by atoms with Crippen molar-refractivity contribution in [2.24, 2.45) is 0 Å². The third-order valence-electron chi connectivity index (χ3n) is 8.34. The first-order chi connectivity index (χ1) is 20.3. The molecule has 1 atom stereocenters. The molecule has 3 aromatic carbocycles. The maximum atomic E-state index is 11.7. The molecular weight excluding hydrogens is 556 g/mol. The van der Waals surface area contributed by atoms with E-state index in [-0.39, 0.29) is 18.5 Å². The van der Waals surface area contributed by atoms with Gasteiger partial charge in [-0.05, 0) is 72.4 Å². The van der Waals surface area contributed by atoms with E-state index in [2.05, 4.69) is 13.0 Å². The Morgan fingerprint density at radius 2 is 1.86 bits per heavy atom. The predicted molar refractivity (Wildman–Crippen MR) is 159 cm³/mol. The van der Waals surface area contributed by atoms with Gasteiger partial charge in [0, 0.05) is 51.8 Å². The Bertz CT molecular complexity index is 1510. The van der Waals surface area contributed by atoms with Crippen LogP contribution in [0.2, 0.25) is 0 Å². The number of ether oxygens (including phenoxy) is 5. The number of benzene rings is 3. The summed E-state index contributed by atoms with van der Waals surface area (Å²) >= 11 is 0. The zero-order valence-electron chi connectivity index (χ0n) is 24.0. The molecule has 0 amide bonds. The molecule has 3 aliphatic heterocycles. The fourth-order valence-corrected chi connectivity index (χ4v) is 7.33. The number of esters is 1. The van der Waals surface area contributed by atoms with Crippen LogP contribution in [0.1, 0.15) is 47.4 Å². The van der Waals surface area contributed by atoms with Crippen molar-refractivity contribution < 1.29 is 37.8 Å². The highest BCUT2D eigenvalue weighted by molar-refractivity contribution is 7.85. The van der Waals surface area contributed by atoms with E-state index in [1.807, 2.05) is 42.5 Å². The van der Waals surface area contributed by atoms with Crippen molar-refractivity contribution in [3.8, 4) is 34.1 Å². The van der Waals surface area contributed by atoms with Gasteiger partial charge in [-0.1, -0.05) is 12.1 Å². The minimum absolute atomic E-state index is 0.0100. The van der Waals surface area contributed by atoms with Gasteiger partial charge in [-0.15, -0.1) is 0 Å². The second kappa shape index (κ2) is 12.0. The molecule has 1 fully saturated rings. The highest BCUT2D eigenvalue weighted by atomic mass is 32.2. The van der Waals surface area contributed by atoms with Crippen LogP contribution in [0.5, 0.6) is 23.0 Å². The topological polar surface area (TPSA) is 101 Å². The highest BCUT2D eigenvalue weighted by Crippen LogP contribution is 2.41. The molecule has 0 saturated carbocycles. The molecular formula is C33H36O8S. The van der Waals surface area contributed by atoms with Crippen molar-refractivity contribution in [1.29, 1.82) is 0 Å². The summed E-state index contributed by atoms with van der Waals surface area (Å²) in [5, 5.41) is 10.9. The van der Waals surface area contributed by atoms with Crippen LogP contribution in [0.15, 0.2) is 48.5 Å². The third kappa shape index (κ3) is 6.13. The van der Waals surface area contributed by atoms with Crippen LogP contribution < -0.4 is 18.9 Å². The molecule has 6 rings (SSSR count). The van der Waals surface area contributed by atoms with Crippen LogP contribution in [0, 0.1) is 6.92 Å². The van der Waals surface area contributed by atoms with Gasteiger partial charge in [-0.3, -0.25) is 9.00 Å². The number of aryl methyl sites for hydroxylation is 1. The van der Waals surface area contributed by atoms with Crippen LogP contribution >= 0.6 is 0 Å². The lowest BCUT2D eigenvalue weighted by atomic mass is 9.92. The number of hydrogen-bond acceptors (Lipinski definition) is 8. The summed E-state index contributed by atoms with van der Waals surface area (Å²) in [7, 11) is 0.556. The van der Waals surface area contributed by atoms with Crippen molar-refractivity contribution in [3.63, 3.8) is 0 Å². The first kappa shape index (κ1) is 28.6. The number of methoxy groups -OCH3 is 1. The van der Waals surface area contributed by atoms with E-state index >= 15 is 0 Å². The molecule has 0 aliphatic carbocycles. The lowest BCUT2D eigenvalue weighted by Crippen LogP contribution is -2.42. The Kier molecular flexibility index (Phi) is 8.14. The van der Waals surface area contributed by atoms with Crippen LogP contribution in [-0.2, 0) is 33.4 Å². The fraction of sp³-hybridized carbons (Fsp3) is 0.424.